The number of allylic oxidation sites excluding steroid dienone is 2. The number of carbonyl (C=O) groups is 1. The van der Waals surface area contributed by atoms with Gasteiger partial charge in [0.25, 0.3) is 0 Å². The minimum atomic E-state index is -0.213. The number of fused-ring (bicyclic) bond motifs is 6. The van der Waals surface area contributed by atoms with Crippen molar-refractivity contribution in [2.45, 2.75) is 122 Å². The fourth-order valence-corrected chi connectivity index (χ4v) is 13.0. The van der Waals surface area contributed by atoms with Crippen LogP contribution in [-0.4, -0.2) is 59.4 Å². The molecule has 2 N–H and O–H groups in total. The zero-order chi connectivity index (χ0) is 27.7. The lowest BCUT2D eigenvalue weighted by molar-refractivity contribution is -0.211. The van der Waals surface area contributed by atoms with Gasteiger partial charge in [-0.15, -0.1) is 0 Å². The van der Waals surface area contributed by atoms with Crippen molar-refractivity contribution in [1.29, 1.82) is 0 Å². The lowest BCUT2D eigenvalue weighted by atomic mass is 9.47. The van der Waals surface area contributed by atoms with Crippen molar-refractivity contribution in [2.24, 2.45) is 45.8 Å². The minimum Gasteiger partial charge on any atom is -0.389 e. The molecule has 7 fully saturated rings. The lowest BCUT2D eigenvalue weighted by Crippen LogP contribution is -2.64. The van der Waals surface area contributed by atoms with Gasteiger partial charge in [-0.05, 0) is 112 Å². The van der Waals surface area contributed by atoms with Gasteiger partial charge in [0.2, 0.25) is 5.91 Å². The summed E-state index contributed by atoms with van der Waals surface area (Å²) in [6.07, 6.45) is 18.2. The van der Waals surface area contributed by atoms with E-state index in [0.29, 0.717) is 40.2 Å². The molecule has 0 bridgehead atoms. The molecule has 3 spiro atoms. The number of piperidine rings is 1. The Bertz CT molecular complexity index is 1160. The molecule has 8 rings (SSSR count). The van der Waals surface area contributed by atoms with Crippen LogP contribution < -0.4 is 5.32 Å². The zero-order valence-electron chi connectivity index (χ0n) is 25.4. The molecule has 5 heteroatoms. The molecule has 2 saturated heterocycles. The first-order chi connectivity index (χ1) is 19.2. The first kappa shape index (κ1) is 26.5. The number of likely N-dealkylation sites (tertiary alicyclic amines) is 1. The minimum absolute atomic E-state index is 0.0883. The average molecular weight is 549 g/mol. The van der Waals surface area contributed by atoms with Gasteiger partial charge in [-0.3, -0.25) is 9.69 Å². The van der Waals surface area contributed by atoms with Crippen LogP contribution in [0.1, 0.15) is 98.3 Å². The number of nitrogens with zero attached hydrogens (tertiary/aromatic N) is 1. The Morgan fingerprint density at radius 2 is 2.05 bits per heavy atom. The molecule has 2 heterocycles. The molecular weight excluding hydrogens is 496 g/mol. The highest BCUT2D eigenvalue weighted by atomic mass is 16.5. The summed E-state index contributed by atoms with van der Waals surface area (Å²) >= 11 is 0. The van der Waals surface area contributed by atoms with E-state index in [2.05, 4.69) is 37.1 Å². The number of aliphatic hydroxyl groups excluding tert-OH is 1. The third-order valence-electron chi connectivity index (χ3n) is 14.5. The normalized spacial score (nSPS) is 53.9. The second kappa shape index (κ2) is 8.69. The van der Waals surface area contributed by atoms with Crippen molar-refractivity contribution in [3.63, 3.8) is 0 Å². The number of carbonyl (C=O) groups excluding carboxylic acids is 1. The third-order valence-corrected chi connectivity index (χ3v) is 14.5. The predicted molar refractivity (Wildman–Crippen MR) is 156 cm³/mol. The summed E-state index contributed by atoms with van der Waals surface area (Å²) in [4.78, 5) is 15.3. The van der Waals surface area contributed by atoms with E-state index in [1.807, 2.05) is 13.0 Å². The van der Waals surface area contributed by atoms with Crippen molar-refractivity contribution in [1.82, 2.24) is 10.2 Å². The van der Waals surface area contributed by atoms with Crippen LogP contribution in [0, 0.1) is 45.8 Å². The molecule has 40 heavy (non-hydrogen) atoms. The molecule has 6 aliphatic carbocycles. The topological polar surface area (TPSA) is 61.8 Å². The van der Waals surface area contributed by atoms with E-state index in [1.54, 1.807) is 5.57 Å². The number of hydrogen-bond donors (Lipinski definition) is 2. The van der Waals surface area contributed by atoms with Gasteiger partial charge in [0.05, 0.1) is 17.8 Å². The van der Waals surface area contributed by atoms with Gasteiger partial charge in [0.15, 0.2) is 0 Å². The maximum atomic E-state index is 12.5. The van der Waals surface area contributed by atoms with Crippen LogP contribution in [-0.2, 0) is 9.53 Å². The Morgan fingerprint density at radius 3 is 2.88 bits per heavy atom. The molecule has 8 aliphatic rings. The Kier molecular flexibility index (Phi) is 5.75. The number of amides is 1. The molecule has 0 radical (unpaired) electrons. The number of aliphatic hydroxyl groups is 1. The molecular formula is C35H52N2O3. The Balaban J connectivity index is 1.02. The summed E-state index contributed by atoms with van der Waals surface area (Å²) in [6, 6.07) is 0.538. The monoisotopic (exact) mass is 548 g/mol. The Hall–Kier alpha value is -1.17. The van der Waals surface area contributed by atoms with Crippen LogP contribution in [0.15, 0.2) is 23.3 Å². The van der Waals surface area contributed by atoms with E-state index >= 15 is 0 Å². The van der Waals surface area contributed by atoms with Gasteiger partial charge in [-0.25, -0.2) is 0 Å². The lowest BCUT2D eigenvalue weighted by Gasteiger charge is -2.60. The fraction of sp³-hybridized carbons (Fsp3) is 0.857. The molecule has 12 atom stereocenters. The smallest absolute Gasteiger partial charge is 0.246 e. The van der Waals surface area contributed by atoms with Gasteiger partial charge in [-0.2, -0.15) is 0 Å². The third kappa shape index (κ3) is 3.19. The van der Waals surface area contributed by atoms with E-state index in [0.717, 1.165) is 55.8 Å². The maximum Gasteiger partial charge on any atom is 0.246 e. The van der Waals surface area contributed by atoms with Gasteiger partial charge in [-0.1, -0.05) is 38.5 Å². The average Bonchev–Trinajstić information content (AvgIpc) is 3.40. The van der Waals surface area contributed by atoms with E-state index in [9.17, 15) is 9.90 Å². The van der Waals surface area contributed by atoms with Gasteiger partial charge in [0.1, 0.15) is 0 Å². The van der Waals surface area contributed by atoms with Crippen molar-refractivity contribution in [3.05, 3.63) is 23.3 Å². The quantitative estimate of drug-likeness (QED) is 0.345. The molecule has 1 amide bonds. The Morgan fingerprint density at radius 1 is 1.20 bits per heavy atom. The van der Waals surface area contributed by atoms with E-state index in [4.69, 9.17) is 4.74 Å². The maximum absolute atomic E-state index is 12.5. The number of nitrogens with one attached hydrogen (secondary N) is 1. The second-order valence-electron chi connectivity index (χ2n) is 16.0. The molecule has 5 saturated carbocycles. The van der Waals surface area contributed by atoms with E-state index in [-0.39, 0.29) is 17.6 Å². The molecule has 0 aromatic carbocycles. The van der Waals surface area contributed by atoms with Gasteiger partial charge < -0.3 is 15.2 Å². The van der Waals surface area contributed by atoms with Gasteiger partial charge >= 0.3 is 0 Å². The van der Waals surface area contributed by atoms with Gasteiger partial charge in [0, 0.05) is 42.6 Å². The fourth-order valence-electron chi connectivity index (χ4n) is 13.0. The van der Waals surface area contributed by atoms with Crippen molar-refractivity contribution < 1.29 is 14.6 Å². The second-order valence-corrected chi connectivity index (χ2v) is 16.0. The summed E-state index contributed by atoms with van der Waals surface area (Å²) in [5, 5.41) is 13.6. The zero-order valence-corrected chi connectivity index (χ0v) is 25.4. The number of ether oxygens (including phenoxy) is 1. The highest BCUT2D eigenvalue weighted by Crippen LogP contribution is 2.93. The molecule has 2 aliphatic heterocycles. The van der Waals surface area contributed by atoms with Crippen LogP contribution in [0.3, 0.4) is 0 Å². The molecule has 2 unspecified atom stereocenters. The first-order valence-corrected chi connectivity index (χ1v) is 16.9. The van der Waals surface area contributed by atoms with Crippen LogP contribution in [0.5, 0.6) is 0 Å². The molecule has 5 nitrogen and oxygen atoms in total. The summed E-state index contributed by atoms with van der Waals surface area (Å²) in [5.41, 5.74) is 3.86. The SMILES string of the molecule is CC/C=C(\C)C(=O)NCCN1C[C@@H](C)C[C@H]2O[C@@]34CC[C@H]5[C@@H]6CCC7=C[C@@H](O)CC[C@]7(C)[C@H]6CC56CC63C[C@@H]4[C@@H]21. The van der Waals surface area contributed by atoms with E-state index in [1.165, 1.54) is 57.8 Å². The first-order valence-electron chi connectivity index (χ1n) is 16.9. The molecule has 0 aromatic heterocycles. The van der Waals surface area contributed by atoms with Crippen LogP contribution in [0.2, 0.25) is 0 Å². The predicted octanol–water partition coefficient (Wildman–Crippen LogP) is 5.63. The largest absolute Gasteiger partial charge is 0.389 e. The standard InChI is InChI=1S/C35H52N2O3/c1-5-6-22(3)31(39)36-13-14-37-19-21(2)15-29-30(37)28-18-34-20-33(34)17-27-25(26(33)10-12-35(28,34)40-29)8-7-23-16-24(38)9-11-32(23,27)4/h6,16,21,24-30,38H,5,7-15,17-20H2,1-4H3,(H,36,39)/b22-6+/t21-,24-,25-,26-,27-,28+,29+,30-,32-,33?,34?,35+/m0/s1. The van der Waals surface area contributed by atoms with Crippen LogP contribution >= 0.6 is 0 Å². The summed E-state index contributed by atoms with van der Waals surface area (Å²) in [7, 11) is 0. The Labute approximate surface area is 241 Å². The molecule has 0 aromatic rings. The van der Waals surface area contributed by atoms with Crippen LogP contribution in [0.25, 0.3) is 0 Å². The highest BCUT2D eigenvalue weighted by Gasteiger charge is 2.91. The summed E-state index contributed by atoms with van der Waals surface area (Å²) in [6.45, 7) is 11.8. The van der Waals surface area contributed by atoms with E-state index < -0.39 is 0 Å². The summed E-state index contributed by atoms with van der Waals surface area (Å²) < 4.78 is 7.42. The van der Waals surface area contributed by atoms with Crippen LogP contribution in [0.4, 0.5) is 0 Å². The van der Waals surface area contributed by atoms with Crippen molar-refractivity contribution >= 4 is 5.91 Å². The van der Waals surface area contributed by atoms with Crippen molar-refractivity contribution in [3.8, 4) is 0 Å². The van der Waals surface area contributed by atoms with Crippen molar-refractivity contribution in [2.75, 3.05) is 19.6 Å². The number of rotatable bonds is 5. The molecule has 220 valence electrons. The summed E-state index contributed by atoms with van der Waals surface area (Å²) in [5.74, 6) is 4.03. The highest BCUT2D eigenvalue weighted by molar-refractivity contribution is 5.92. The number of hydrogen-bond acceptors (Lipinski definition) is 4.